The van der Waals surface area contributed by atoms with Crippen LogP contribution in [-0.2, 0) is 0 Å². The Morgan fingerprint density at radius 3 is 2.60 bits per heavy atom. The molecule has 1 aromatic carbocycles. The van der Waals surface area contributed by atoms with Crippen LogP contribution in [0.3, 0.4) is 0 Å². The zero-order chi connectivity index (χ0) is 11.0. The second kappa shape index (κ2) is 3.47. The Bertz CT molecular complexity index is 510. The van der Waals surface area contributed by atoms with Gasteiger partial charge in [-0.3, -0.25) is 0 Å². The van der Waals surface area contributed by atoms with Crippen LogP contribution in [0.4, 0.5) is 5.82 Å². The average molecular weight is 271 g/mol. The maximum Gasteiger partial charge on any atom is 0.172 e. The van der Waals surface area contributed by atoms with Crippen LogP contribution in [-0.4, -0.2) is 15.4 Å². The number of rotatable bonds is 1. The van der Waals surface area contributed by atoms with Gasteiger partial charge >= 0.3 is 0 Å². The van der Waals surface area contributed by atoms with Crippen molar-refractivity contribution in [3.8, 4) is 22.8 Å². The first kappa shape index (κ1) is 9.85. The van der Waals surface area contributed by atoms with Crippen molar-refractivity contribution < 1.29 is 14.7 Å². The van der Waals surface area contributed by atoms with Crippen molar-refractivity contribution in [2.45, 2.75) is 0 Å². The Hall–Kier alpha value is -1.69. The van der Waals surface area contributed by atoms with Gasteiger partial charge in [0.05, 0.1) is 10.0 Å². The van der Waals surface area contributed by atoms with Gasteiger partial charge in [-0.15, -0.1) is 0 Å². The van der Waals surface area contributed by atoms with Crippen molar-refractivity contribution in [3.63, 3.8) is 0 Å². The summed E-state index contributed by atoms with van der Waals surface area (Å²) in [5.41, 5.74) is 5.71. The average Bonchev–Trinajstić information content (AvgIpc) is 2.61. The number of phenols is 2. The molecule has 78 valence electrons. The molecule has 2 rings (SSSR count). The molecule has 0 saturated heterocycles. The standard InChI is InChI=1S/C9H7BrN2O3/c10-5-2-1-4(8(13)9(5)14)6-3-7(11)12-15-6/h1-3,13-14H,(H2,11,12). The molecule has 0 aliphatic heterocycles. The molecule has 0 radical (unpaired) electrons. The molecular weight excluding hydrogens is 264 g/mol. The predicted molar refractivity (Wildman–Crippen MR) is 57.4 cm³/mol. The number of halogens is 1. The van der Waals surface area contributed by atoms with E-state index < -0.39 is 0 Å². The smallest absolute Gasteiger partial charge is 0.172 e. The van der Waals surface area contributed by atoms with Crippen LogP contribution in [0.25, 0.3) is 11.3 Å². The number of benzene rings is 1. The Morgan fingerprint density at radius 1 is 1.27 bits per heavy atom. The van der Waals surface area contributed by atoms with E-state index in [9.17, 15) is 10.2 Å². The molecule has 0 amide bonds. The predicted octanol–water partition coefficient (Wildman–Crippen LogP) is 2.10. The third kappa shape index (κ3) is 1.63. The van der Waals surface area contributed by atoms with Crippen LogP contribution < -0.4 is 5.73 Å². The van der Waals surface area contributed by atoms with Gasteiger partial charge in [-0.2, -0.15) is 0 Å². The lowest BCUT2D eigenvalue weighted by molar-refractivity contribution is 0.397. The van der Waals surface area contributed by atoms with Gasteiger partial charge in [0, 0.05) is 6.07 Å². The molecular formula is C9H7BrN2O3. The monoisotopic (exact) mass is 270 g/mol. The lowest BCUT2D eigenvalue weighted by Gasteiger charge is -2.03. The highest BCUT2D eigenvalue weighted by Gasteiger charge is 2.14. The highest BCUT2D eigenvalue weighted by molar-refractivity contribution is 9.10. The third-order valence-electron chi connectivity index (χ3n) is 1.90. The van der Waals surface area contributed by atoms with Crippen LogP contribution >= 0.6 is 15.9 Å². The number of nitrogens with zero attached hydrogens (tertiary/aromatic N) is 1. The molecule has 0 bridgehead atoms. The van der Waals surface area contributed by atoms with Gasteiger partial charge in [-0.1, -0.05) is 5.16 Å². The molecule has 0 unspecified atom stereocenters. The van der Waals surface area contributed by atoms with E-state index in [1.807, 2.05) is 0 Å². The molecule has 0 saturated carbocycles. The number of hydrogen-bond acceptors (Lipinski definition) is 5. The summed E-state index contributed by atoms with van der Waals surface area (Å²) in [6.45, 7) is 0. The van der Waals surface area contributed by atoms with E-state index in [1.165, 1.54) is 6.07 Å². The number of phenolic OH excluding ortho intramolecular Hbond substituents is 2. The number of anilines is 1. The largest absolute Gasteiger partial charge is 0.504 e. The van der Waals surface area contributed by atoms with Crippen molar-refractivity contribution in [1.82, 2.24) is 5.16 Å². The van der Waals surface area contributed by atoms with Crippen LogP contribution in [0.2, 0.25) is 0 Å². The molecule has 0 aliphatic carbocycles. The summed E-state index contributed by atoms with van der Waals surface area (Å²) < 4.78 is 5.26. The second-order valence-corrected chi connectivity index (χ2v) is 3.76. The molecule has 5 nitrogen and oxygen atoms in total. The zero-order valence-corrected chi connectivity index (χ0v) is 9.02. The van der Waals surface area contributed by atoms with Crippen molar-refractivity contribution in [3.05, 3.63) is 22.7 Å². The summed E-state index contributed by atoms with van der Waals surface area (Å²) in [5.74, 6) is -0.0115. The van der Waals surface area contributed by atoms with E-state index >= 15 is 0 Å². The van der Waals surface area contributed by atoms with E-state index in [0.717, 1.165) is 0 Å². The Labute approximate surface area is 93.2 Å². The molecule has 0 aliphatic rings. The summed E-state index contributed by atoms with van der Waals surface area (Å²) in [6.07, 6.45) is 0. The SMILES string of the molecule is Nc1cc(-c2ccc(Br)c(O)c2O)on1. The normalized spacial score (nSPS) is 10.5. The van der Waals surface area contributed by atoms with E-state index in [0.29, 0.717) is 15.8 Å². The Morgan fingerprint density at radius 2 is 2.00 bits per heavy atom. The molecule has 0 atom stereocenters. The van der Waals surface area contributed by atoms with Gasteiger partial charge in [0.25, 0.3) is 0 Å². The number of aromatic hydroxyl groups is 2. The lowest BCUT2D eigenvalue weighted by Crippen LogP contribution is -1.80. The molecule has 0 spiro atoms. The van der Waals surface area contributed by atoms with Crippen molar-refractivity contribution in [1.29, 1.82) is 0 Å². The summed E-state index contributed by atoms with van der Waals surface area (Å²) in [4.78, 5) is 0. The van der Waals surface area contributed by atoms with Gasteiger partial charge in [0.1, 0.15) is 0 Å². The van der Waals surface area contributed by atoms with Crippen molar-refractivity contribution in [2.75, 3.05) is 5.73 Å². The van der Waals surface area contributed by atoms with Gasteiger partial charge in [0.15, 0.2) is 23.1 Å². The quantitative estimate of drug-likeness (QED) is 0.690. The van der Waals surface area contributed by atoms with E-state index in [4.69, 9.17) is 10.3 Å². The molecule has 1 heterocycles. The van der Waals surface area contributed by atoms with Crippen molar-refractivity contribution >= 4 is 21.7 Å². The maximum atomic E-state index is 9.63. The number of nitrogens with two attached hydrogens (primary N) is 1. The fraction of sp³-hybridized carbons (Fsp3) is 0. The van der Waals surface area contributed by atoms with Gasteiger partial charge < -0.3 is 20.5 Å². The molecule has 15 heavy (non-hydrogen) atoms. The van der Waals surface area contributed by atoms with Gasteiger partial charge in [0.2, 0.25) is 0 Å². The second-order valence-electron chi connectivity index (χ2n) is 2.91. The molecule has 2 aromatic rings. The summed E-state index contributed by atoms with van der Waals surface area (Å²) in [6, 6.07) is 4.63. The van der Waals surface area contributed by atoms with E-state index in [-0.39, 0.29) is 17.3 Å². The van der Waals surface area contributed by atoms with Crippen LogP contribution in [0.15, 0.2) is 27.2 Å². The number of hydrogen-bond donors (Lipinski definition) is 3. The van der Waals surface area contributed by atoms with Gasteiger partial charge in [-0.25, -0.2) is 0 Å². The highest BCUT2D eigenvalue weighted by Crippen LogP contribution is 2.41. The third-order valence-corrected chi connectivity index (χ3v) is 2.54. The molecule has 1 aromatic heterocycles. The van der Waals surface area contributed by atoms with Crippen LogP contribution in [0.1, 0.15) is 0 Å². The number of nitrogen functional groups attached to an aromatic ring is 1. The zero-order valence-electron chi connectivity index (χ0n) is 7.44. The summed E-state index contributed by atoms with van der Waals surface area (Å²) >= 11 is 3.08. The fourth-order valence-corrected chi connectivity index (χ4v) is 1.49. The van der Waals surface area contributed by atoms with Crippen LogP contribution in [0.5, 0.6) is 11.5 Å². The highest BCUT2D eigenvalue weighted by atomic mass is 79.9. The van der Waals surface area contributed by atoms with Crippen LogP contribution in [0, 0.1) is 0 Å². The fourth-order valence-electron chi connectivity index (χ4n) is 1.17. The first-order valence-corrected chi connectivity index (χ1v) is 4.82. The Kier molecular flexibility index (Phi) is 2.28. The minimum absolute atomic E-state index is 0.215. The first-order valence-electron chi connectivity index (χ1n) is 4.02. The minimum Gasteiger partial charge on any atom is -0.504 e. The lowest BCUT2D eigenvalue weighted by atomic mass is 10.1. The van der Waals surface area contributed by atoms with E-state index in [1.54, 1.807) is 12.1 Å². The first-order chi connectivity index (χ1) is 7.09. The minimum atomic E-state index is -0.277. The topological polar surface area (TPSA) is 92.5 Å². The maximum absolute atomic E-state index is 9.63. The van der Waals surface area contributed by atoms with Crippen molar-refractivity contribution in [2.24, 2.45) is 0 Å². The molecule has 6 heteroatoms. The molecule has 4 N–H and O–H groups in total. The summed E-state index contributed by atoms with van der Waals surface area (Å²) in [7, 11) is 0. The van der Waals surface area contributed by atoms with Gasteiger partial charge in [-0.05, 0) is 28.1 Å². The molecule has 0 fully saturated rings. The Balaban J connectivity index is 2.59. The van der Waals surface area contributed by atoms with E-state index in [2.05, 4.69) is 21.1 Å². The summed E-state index contributed by atoms with van der Waals surface area (Å²) in [5, 5.41) is 22.6. The number of aromatic nitrogens is 1.